The molecule has 0 aromatic rings. The molecule has 2 fully saturated rings. The predicted octanol–water partition coefficient (Wildman–Crippen LogP) is 0.692. The first-order chi connectivity index (χ1) is 6.60. The molecular weight excluding hydrogens is 176 g/mol. The SMILES string of the molecule is CC(C)C1(N)CN(CC2CCOC2)C1. The van der Waals surface area contributed by atoms with Gasteiger partial charge in [0, 0.05) is 31.8 Å². The third-order valence-corrected chi connectivity index (χ3v) is 3.73. The Morgan fingerprint density at radius 3 is 2.71 bits per heavy atom. The van der Waals surface area contributed by atoms with Crippen LogP contribution in [0.1, 0.15) is 20.3 Å². The van der Waals surface area contributed by atoms with Crippen LogP contribution in [0.25, 0.3) is 0 Å². The first-order valence-corrected chi connectivity index (χ1v) is 5.69. The van der Waals surface area contributed by atoms with E-state index in [9.17, 15) is 0 Å². The van der Waals surface area contributed by atoms with E-state index in [4.69, 9.17) is 10.5 Å². The van der Waals surface area contributed by atoms with Crippen molar-refractivity contribution in [3.8, 4) is 0 Å². The van der Waals surface area contributed by atoms with Gasteiger partial charge in [-0.2, -0.15) is 0 Å². The normalized spacial score (nSPS) is 32.1. The summed E-state index contributed by atoms with van der Waals surface area (Å²) in [5.41, 5.74) is 6.32. The second-order valence-electron chi connectivity index (χ2n) is 5.29. The maximum absolute atomic E-state index is 6.24. The van der Waals surface area contributed by atoms with E-state index >= 15 is 0 Å². The lowest BCUT2D eigenvalue weighted by molar-refractivity contribution is 0.0238. The van der Waals surface area contributed by atoms with Gasteiger partial charge in [-0.15, -0.1) is 0 Å². The van der Waals surface area contributed by atoms with Crippen molar-refractivity contribution in [2.24, 2.45) is 17.6 Å². The largest absolute Gasteiger partial charge is 0.381 e. The molecule has 2 saturated heterocycles. The summed E-state index contributed by atoms with van der Waals surface area (Å²) >= 11 is 0. The molecule has 0 amide bonds. The van der Waals surface area contributed by atoms with Crippen molar-refractivity contribution in [2.45, 2.75) is 25.8 Å². The third-order valence-electron chi connectivity index (χ3n) is 3.73. The van der Waals surface area contributed by atoms with E-state index in [1.165, 1.54) is 13.0 Å². The van der Waals surface area contributed by atoms with E-state index in [2.05, 4.69) is 18.7 Å². The molecule has 2 rings (SSSR count). The molecule has 3 nitrogen and oxygen atoms in total. The first-order valence-electron chi connectivity index (χ1n) is 5.69. The fourth-order valence-electron chi connectivity index (χ4n) is 2.37. The van der Waals surface area contributed by atoms with Crippen molar-refractivity contribution in [2.75, 3.05) is 32.8 Å². The number of hydrogen-bond acceptors (Lipinski definition) is 3. The molecule has 0 aromatic carbocycles. The Hall–Kier alpha value is -0.120. The standard InChI is InChI=1S/C11H22N2O/c1-9(2)11(12)7-13(8-11)5-10-3-4-14-6-10/h9-10H,3-8,12H2,1-2H3. The number of rotatable bonds is 3. The lowest BCUT2D eigenvalue weighted by Crippen LogP contribution is -2.70. The van der Waals surface area contributed by atoms with Gasteiger partial charge in [-0.3, -0.25) is 4.90 Å². The number of likely N-dealkylation sites (tertiary alicyclic amines) is 1. The smallest absolute Gasteiger partial charge is 0.0507 e. The summed E-state index contributed by atoms with van der Waals surface area (Å²) < 4.78 is 5.37. The quantitative estimate of drug-likeness (QED) is 0.725. The first kappa shape index (κ1) is 10.4. The second kappa shape index (κ2) is 3.80. The number of nitrogens with two attached hydrogens (primary N) is 1. The van der Waals surface area contributed by atoms with Crippen molar-refractivity contribution in [1.82, 2.24) is 4.90 Å². The molecule has 0 radical (unpaired) electrons. The van der Waals surface area contributed by atoms with Gasteiger partial charge in [0.15, 0.2) is 0 Å². The minimum atomic E-state index is 0.0828. The Kier molecular flexibility index (Phi) is 2.82. The van der Waals surface area contributed by atoms with Gasteiger partial charge in [-0.1, -0.05) is 13.8 Å². The van der Waals surface area contributed by atoms with Crippen LogP contribution in [0.15, 0.2) is 0 Å². The monoisotopic (exact) mass is 198 g/mol. The van der Waals surface area contributed by atoms with E-state index < -0.39 is 0 Å². The van der Waals surface area contributed by atoms with Crippen LogP contribution >= 0.6 is 0 Å². The minimum absolute atomic E-state index is 0.0828. The zero-order chi connectivity index (χ0) is 10.2. The van der Waals surface area contributed by atoms with Crippen LogP contribution < -0.4 is 5.73 Å². The van der Waals surface area contributed by atoms with Crippen molar-refractivity contribution in [3.63, 3.8) is 0 Å². The van der Waals surface area contributed by atoms with Gasteiger partial charge < -0.3 is 10.5 Å². The van der Waals surface area contributed by atoms with Crippen LogP contribution in [0.5, 0.6) is 0 Å². The fraction of sp³-hybridized carbons (Fsp3) is 1.00. The maximum Gasteiger partial charge on any atom is 0.0507 e. The third kappa shape index (κ3) is 1.95. The lowest BCUT2D eigenvalue weighted by Gasteiger charge is -2.51. The summed E-state index contributed by atoms with van der Waals surface area (Å²) in [6.07, 6.45) is 1.23. The van der Waals surface area contributed by atoms with Crippen LogP contribution in [0, 0.1) is 11.8 Å². The average Bonchev–Trinajstić information content (AvgIpc) is 2.53. The highest BCUT2D eigenvalue weighted by molar-refractivity contribution is 5.02. The Balaban J connectivity index is 1.72. The van der Waals surface area contributed by atoms with Crippen molar-refractivity contribution < 1.29 is 4.74 Å². The maximum atomic E-state index is 6.24. The van der Waals surface area contributed by atoms with Gasteiger partial charge in [0.2, 0.25) is 0 Å². The van der Waals surface area contributed by atoms with Crippen LogP contribution in [0.2, 0.25) is 0 Å². The van der Waals surface area contributed by atoms with Crippen LogP contribution in [0.4, 0.5) is 0 Å². The lowest BCUT2D eigenvalue weighted by atomic mass is 9.80. The molecule has 14 heavy (non-hydrogen) atoms. The molecule has 1 atom stereocenters. The highest BCUT2D eigenvalue weighted by Gasteiger charge is 2.42. The van der Waals surface area contributed by atoms with Gasteiger partial charge in [0.25, 0.3) is 0 Å². The topological polar surface area (TPSA) is 38.5 Å². The zero-order valence-electron chi connectivity index (χ0n) is 9.33. The predicted molar refractivity (Wildman–Crippen MR) is 57.1 cm³/mol. The molecule has 0 saturated carbocycles. The Labute approximate surface area is 86.6 Å². The molecule has 0 aliphatic carbocycles. The molecule has 3 heteroatoms. The molecular formula is C11H22N2O. The Morgan fingerprint density at radius 2 is 2.21 bits per heavy atom. The Bertz CT molecular complexity index is 191. The molecule has 2 aliphatic rings. The van der Waals surface area contributed by atoms with Gasteiger partial charge in [-0.25, -0.2) is 0 Å². The summed E-state index contributed by atoms with van der Waals surface area (Å²) in [5, 5.41) is 0. The van der Waals surface area contributed by atoms with Crippen molar-refractivity contribution >= 4 is 0 Å². The van der Waals surface area contributed by atoms with Crippen LogP contribution in [-0.2, 0) is 4.74 Å². The molecule has 2 aliphatic heterocycles. The van der Waals surface area contributed by atoms with E-state index in [1.807, 2.05) is 0 Å². The number of nitrogens with zero attached hydrogens (tertiary/aromatic N) is 1. The average molecular weight is 198 g/mol. The fourth-order valence-corrected chi connectivity index (χ4v) is 2.37. The molecule has 82 valence electrons. The molecule has 2 heterocycles. The minimum Gasteiger partial charge on any atom is -0.381 e. The van der Waals surface area contributed by atoms with Gasteiger partial charge in [0.05, 0.1) is 6.61 Å². The highest BCUT2D eigenvalue weighted by atomic mass is 16.5. The van der Waals surface area contributed by atoms with Gasteiger partial charge in [0.1, 0.15) is 0 Å². The van der Waals surface area contributed by atoms with Crippen LogP contribution in [0.3, 0.4) is 0 Å². The van der Waals surface area contributed by atoms with E-state index in [0.717, 1.165) is 32.2 Å². The Morgan fingerprint density at radius 1 is 1.50 bits per heavy atom. The highest BCUT2D eigenvalue weighted by Crippen LogP contribution is 2.27. The van der Waals surface area contributed by atoms with E-state index in [-0.39, 0.29) is 5.54 Å². The van der Waals surface area contributed by atoms with Crippen LogP contribution in [-0.4, -0.2) is 43.3 Å². The molecule has 2 N–H and O–H groups in total. The summed E-state index contributed by atoms with van der Waals surface area (Å²) in [5.74, 6) is 1.35. The second-order valence-corrected chi connectivity index (χ2v) is 5.29. The summed E-state index contributed by atoms with van der Waals surface area (Å²) in [6, 6.07) is 0. The molecule has 0 spiro atoms. The van der Waals surface area contributed by atoms with Gasteiger partial charge >= 0.3 is 0 Å². The van der Waals surface area contributed by atoms with E-state index in [0.29, 0.717) is 5.92 Å². The molecule has 1 unspecified atom stereocenters. The van der Waals surface area contributed by atoms with Gasteiger partial charge in [-0.05, 0) is 18.3 Å². The number of hydrogen-bond donors (Lipinski definition) is 1. The summed E-state index contributed by atoms with van der Waals surface area (Å²) in [4.78, 5) is 2.47. The zero-order valence-corrected chi connectivity index (χ0v) is 9.33. The molecule has 0 aromatic heterocycles. The van der Waals surface area contributed by atoms with Crippen molar-refractivity contribution in [1.29, 1.82) is 0 Å². The summed E-state index contributed by atoms with van der Waals surface area (Å²) in [6.45, 7) is 9.67. The summed E-state index contributed by atoms with van der Waals surface area (Å²) in [7, 11) is 0. The van der Waals surface area contributed by atoms with E-state index in [1.54, 1.807) is 0 Å². The molecule has 0 bridgehead atoms. The van der Waals surface area contributed by atoms with Crippen molar-refractivity contribution in [3.05, 3.63) is 0 Å². The number of ether oxygens (including phenoxy) is 1.